The van der Waals surface area contributed by atoms with Crippen molar-refractivity contribution >= 4 is 33.5 Å². The molecule has 0 spiro atoms. The third-order valence-corrected chi connectivity index (χ3v) is 3.88. The van der Waals surface area contributed by atoms with Crippen molar-refractivity contribution < 1.29 is 0 Å². The second-order valence-corrected chi connectivity index (χ2v) is 5.47. The summed E-state index contributed by atoms with van der Waals surface area (Å²) in [4.78, 5) is 7.79. The average Bonchev–Trinajstić information content (AvgIpc) is 2.99. The highest BCUT2D eigenvalue weighted by atomic mass is 32.2. The molecule has 0 fully saturated rings. The van der Waals surface area contributed by atoms with Gasteiger partial charge in [-0.1, -0.05) is 42.1 Å². The molecule has 0 aliphatic carbocycles. The van der Waals surface area contributed by atoms with Crippen LogP contribution in [0, 0.1) is 11.5 Å². The van der Waals surface area contributed by atoms with Gasteiger partial charge >= 0.3 is 0 Å². The fourth-order valence-electron chi connectivity index (χ4n) is 2.23. The van der Waals surface area contributed by atoms with Crippen LogP contribution in [-0.4, -0.2) is 16.4 Å². The van der Waals surface area contributed by atoms with Crippen LogP contribution in [0.3, 0.4) is 0 Å². The van der Waals surface area contributed by atoms with E-state index in [2.05, 4.69) is 33.5 Å². The fourth-order valence-corrected chi connectivity index (χ4v) is 2.58. The van der Waals surface area contributed by atoms with E-state index in [0.29, 0.717) is 5.17 Å². The summed E-state index contributed by atoms with van der Waals surface area (Å²) in [7, 11) is 0. The van der Waals surface area contributed by atoms with Crippen LogP contribution in [0.4, 0.5) is 5.69 Å². The number of aliphatic imine (C=N–C) groups is 1. The summed E-state index contributed by atoms with van der Waals surface area (Å²) in [5.74, 6) is 0. The van der Waals surface area contributed by atoms with Gasteiger partial charge < -0.3 is 4.98 Å². The highest BCUT2D eigenvalue weighted by Gasteiger charge is 2.03. The molecular weight excluding hydrogens is 292 g/mol. The quantitative estimate of drug-likeness (QED) is 0.322. The Morgan fingerprint density at radius 1 is 1.18 bits per heavy atom. The van der Waals surface area contributed by atoms with Gasteiger partial charge in [0.15, 0.2) is 11.4 Å². The van der Waals surface area contributed by atoms with Gasteiger partial charge in [0.2, 0.25) is 0 Å². The Morgan fingerprint density at radius 2 is 1.95 bits per heavy atom. The van der Waals surface area contributed by atoms with Crippen LogP contribution in [0.15, 0.2) is 59.6 Å². The Bertz CT molecular complexity index is 823. The first-order chi connectivity index (χ1) is 10.8. The zero-order valence-electron chi connectivity index (χ0n) is 12.0. The van der Waals surface area contributed by atoms with Crippen molar-refractivity contribution in [3.05, 3.63) is 54.6 Å². The topological polar surface area (TPSA) is 64.0 Å². The highest BCUT2D eigenvalue weighted by molar-refractivity contribution is 8.13. The number of nitrogens with zero attached hydrogens (tertiary/aromatic N) is 2. The van der Waals surface area contributed by atoms with Crippen LogP contribution >= 0.6 is 11.8 Å². The van der Waals surface area contributed by atoms with Gasteiger partial charge in [-0.05, 0) is 36.1 Å². The van der Waals surface area contributed by atoms with E-state index in [1.54, 1.807) is 0 Å². The van der Waals surface area contributed by atoms with Gasteiger partial charge in [-0.25, -0.2) is 4.99 Å². The number of H-pyrrole nitrogens is 1. The molecule has 0 bridgehead atoms. The van der Waals surface area contributed by atoms with Crippen LogP contribution in [0.1, 0.15) is 0 Å². The smallest absolute Gasteiger partial charge is 0.183 e. The molecule has 0 amide bonds. The molecular formula is C17H14N4S. The SMILES string of the molecule is CSC(=Nc1ccc(-c2cc3ccccc3[nH]2)cc1)NC#N. The molecule has 0 aliphatic heterocycles. The normalized spacial score (nSPS) is 11.4. The molecule has 3 aromatic rings. The molecule has 108 valence electrons. The van der Waals surface area contributed by atoms with E-state index in [9.17, 15) is 0 Å². The molecule has 22 heavy (non-hydrogen) atoms. The Kier molecular flexibility index (Phi) is 4.12. The van der Waals surface area contributed by atoms with Gasteiger partial charge in [-0.3, -0.25) is 5.32 Å². The molecule has 1 heterocycles. The molecule has 0 atom stereocenters. The first kappa shape index (κ1) is 14.2. The summed E-state index contributed by atoms with van der Waals surface area (Å²) in [6, 6.07) is 18.3. The molecule has 5 heteroatoms. The molecule has 1 aromatic heterocycles. The maximum atomic E-state index is 8.65. The maximum Gasteiger partial charge on any atom is 0.183 e. The zero-order chi connectivity index (χ0) is 15.4. The molecule has 3 rings (SSSR count). The maximum absolute atomic E-state index is 8.65. The Morgan fingerprint density at radius 3 is 2.64 bits per heavy atom. The molecule has 0 saturated heterocycles. The number of rotatable bonds is 2. The van der Waals surface area contributed by atoms with Crippen LogP contribution in [-0.2, 0) is 0 Å². The predicted octanol–water partition coefficient (Wildman–Crippen LogP) is 4.26. The Labute approximate surface area is 132 Å². The van der Waals surface area contributed by atoms with Crippen molar-refractivity contribution in [2.24, 2.45) is 4.99 Å². The summed E-state index contributed by atoms with van der Waals surface area (Å²) in [5.41, 5.74) is 4.13. The van der Waals surface area contributed by atoms with Gasteiger partial charge in [0, 0.05) is 16.6 Å². The predicted molar refractivity (Wildman–Crippen MR) is 93.1 cm³/mol. The van der Waals surface area contributed by atoms with Gasteiger partial charge in [-0.15, -0.1) is 0 Å². The van der Waals surface area contributed by atoms with Gasteiger partial charge in [0.25, 0.3) is 0 Å². The van der Waals surface area contributed by atoms with E-state index in [4.69, 9.17) is 5.26 Å². The van der Waals surface area contributed by atoms with Gasteiger partial charge in [-0.2, -0.15) is 5.26 Å². The number of hydrogen-bond donors (Lipinski definition) is 2. The lowest BCUT2D eigenvalue weighted by molar-refractivity contribution is 1.28. The number of hydrogen-bond acceptors (Lipinski definition) is 3. The van der Waals surface area contributed by atoms with Crippen molar-refractivity contribution in [1.82, 2.24) is 10.3 Å². The number of para-hydroxylation sites is 1. The van der Waals surface area contributed by atoms with Crippen molar-refractivity contribution in [3.63, 3.8) is 0 Å². The van der Waals surface area contributed by atoms with E-state index < -0.39 is 0 Å². The number of aromatic nitrogens is 1. The lowest BCUT2D eigenvalue weighted by Gasteiger charge is -2.01. The van der Waals surface area contributed by atoms with E-state index >= 15 is 0 Å². The standard InChI is InChI=1S/C17H14N4S/c1-22-17(19-11-18)20-14-8-6-12(7-9-14)16-10-13-4-2-3-5-15(13)21-16/h2-10,21H,1H3,(H,19,20). The Balaban J connectivity index is 1.89. The van der Waals surface area contributed by atoms with E-state index in [0.717, 1.165) is 22.5 Å². The largest absolute Gasteiger partial charge is 0.355 e. The van der Waals surface area contributed by atoms with Gasteiger partial charge in [0.05, 0.1) is 5.69 Å². The number of nitriles is 1. The number of fused-ring (bicyclic) bond motifs is 1. The van der Waals surface area contributed by atoms with Crippen molar-refractivity contribution in [2.75, 3.05) is 6.26 Å². The molecule has 0 radical (unpaired) electrons. The Hall–Kier alpha value is -2.71. The number of nitrogens with one attached hydrogen (secondary N) is 2. The number of amidine groups is 1. The van der Waals surface area contributed by atoms with Crippen molar-refractivity contribution in [1.29, 1.82) is 5.26 Å². The summed E-state index contributed by atoms with van der Waals surface area (Å²) < 4.78 is 0. The lowest BCUT2D eigenvalue weighted by atomic mass is 10.1. The molecule has 0 saturated carbocycles. The van der Waals surface area contributed by atoms with Crippen LogP contribution in [0.5, 0.6) is 0 Å². The third-order valence-electron chi connectivity index (χ3n) is 3.30. The minimum Gasteiger partial charge on any atom is -0.355 e. The fraction of sp³-hybridized carbons (Fsp3) is 0.0588. The third kappa shape index (κ3) is 2.97. The van der Waals surface area contributed by atoms with E-state index in [1.165, 1.54) is 17.1 Å². The first-order valence-electron chi connectivity index (χ1n) is 6.76. The molecule has 4 nitrogen and oxygen atoms in total. The summed E-state index contributed by atoms with van der Waals surface area (Å²) in [6.45, 7) is 0. The van der Waals surface area contributed by atoms with Gasteiger partial charge in [0.1, 0.15) is 0 Å². The highest BCUT2D eigenvalue weighted by Crippen LogP contribution is 2.26. The lowest BCUT2D eigenvalue weighted by Crippen LogP contribution is -2.12. The second-order valence-electron chi connectivity index (χ2n) is 4.68. The van der Waals surface area contributed by atoms with E-state index in [1.807, 2.05) is 48.8 Å². The van der Waals surface area contributed by atoms with Crippen molar-refractivity contribution in [3.8, 4) is 17.5 Å². The first-order valence-corrected chi connectivity index (χ1v) is 7.98. The summed E-state index contributed by atoms with van der Waals surface area (Å²) in [5, 5.41) is 13.0. The minimum absolute atomic E-state index is 0.584. The summed E-state index contributed by atoms with van der Waals surface area (Å²) in [6.07, 6.45) is 3.76. The molecule has 0 aliphatic rings. The minimum atomic E-state index is 0.584. The zero-order valence-corrected chi connectivity index (χ0v) is 12.8. The van der Waals surface area contributed by atoms with E-state index in [-0.39, 0.29) is 0 Å². The average molecular weight is 306 g/mol. The van der Waals surface area contributed by atoms with Crippen molar-refractivity contribution in [2.45, 2.75) is 0 Å². The molecule has 0 unspecified atom stereocenters. The number of benzene rings is 2. The summed E-state index contributed by atoms with van der Waals surface area (Å²) >= 11 is 1.40. The second kappa shape index (κ2) is 6.37. The van der Waals surface area contributed by atoms with Crippen LogP contribution in [0.2, 0.25) is 0 Å². The van der Waals surface area contributed by atoms with Crippen LogP contribution in [0.25, 0.3) is 22.2 Å². The molecule has 2 aromatic carbocycles. The number of thioether (sulfide) groups is 1. The monoisotopic (exact) mass is 306 g/mol. The molecule has 2 N–H and O–H groups in total. The number of aromatic amines is 1. The van der Waals surface area contributed by atoms with Crippen LogP contribution < -0.4 is 5.32 Å².